The first kappa shape index (κ1) is 12.3. The Balaban J connectivity index is 1.83. The van der Waals surface area contributed by atoms with Crippen molar-refractivity contribution in [2.75, 3.05) is 19.7 Å². The van der Waals surface area contributed by atoms with Crippen molar-refractivity contribution < 1.29 is 4.74 Å². The molecule has 1 N–H and O–H groups in total. The van der Waals surface area contributed by atoms with Crippen molar-refractivity contribution in [1.82, 2.24) is 5.32 Å². The number of hydrogen-bond donors (Lipinski definition) is 1. The standard InChI is InChI=1S/C15H20ClNO/c16-14-9-12-2-1-7-18-15(12)13(10-14)8-11-3-5-17-6-4-11/h9-11,17H,1-8H2. The molecule has 2 nitrogen and oxygen atoms in total. The zero-order valence-electron chi connectivity index (χ0n) is 10.7. The summed E-state index contributed by atoms with van der Waals surface area (Å²) in [5, 5.41) is 4.28. The summed E-state index contributed by atoms with van der Waals surface area (Å²) in [6.45, 7) is 3.15. The zero-order chi connectivity index (χ0) is 12.4. The van der Waals surface area contributed by atoms with Crippen LogP contribution in [0.1, 0.15) is 30.4 Å². The molecule has 0 amide bonds. The van der Waals surface area contributed by atoms with E-state index in [0.717, 1.165) is 55.6 Å². The summed E-state index contributed by atoms with van der Waals surface area (Å²) >= 11 is 6.23. The van der Waals surface area contributed by atoms with Gasteiger partial charge in [0.15, 0.2) is 0 Å². The third-order valence-electron chi connectivity index (χ3n) is 4.01. The number of aryl methyl sites for hydroxylation is 1. The molecule has 98 valence electrons. The highest BCUT2D eigenvalue weighted by Gasteiger charge is 2.20. The first-order valence-corrected chi connectivity index (χ1v) is 7.35. The lowest BCUT2D eigenvalue weighted by Gasteiger charge is -2.26. The quantitative estimate of drug-likeness (QED) is 0.887. The van der Waals surface area contributed by atoms with Crippen molar-refractivity contribution in [3.05, 3.63) is 28.3 Å². The van der Waals surface area contributed by atoms with Crippen LogP contribution in [0.5, 0.6) is 5.75 Å². The van der Waals surface area contributed by atoms with E-state index in [1.54, 1.807) is 0 Å². The summed E-state index contributed by atoms with van der Waals surface area (Å²) in [5.74, 6) is 1.91. The SMILES string of the molecule is Clc1cc2c(c(CC3CCNCC3)c1)OCCC2. The van der Waals surface area contributed by atoms with Crippen molar-refractivity contribution in [3.63, 3.8) is 0 Å². The predicted octanol–water partition coefficient (Wildman–Crippen LogP) is 3.21. The fourth-order valence-corrected chi connectivity index (χ4v) is 3.33. The molecule has 0 radical (unpaired) electrons. The minimum atomic E-state index is 0.777. The minimum absolute atomic E-state index is 0.777. The van der Waals surface area contributed by atoms with Crippen LogP contribution in [0.25, 0.3) is 0 Å². The molecular weight excluding hydrogens is 246 g/mol. The van der Waals surface area contributed by atoms with E-state index >= 15 is 0 Å². The van der Waals surface area contributed by atoms with E-state index in [1.807, 2.05) is 0 Å². The summed E-state index contributed by atoms with van der Waals surface area (Å²) < 4.78 is 5.88. The Morgan fingerprint density at radius 3 is 2.94 bits per heavy atom. The fraction of sp³-hybridized carbons (Fsp3) is 0.600. The lowest BCUT2D eigenvalue weighted by Crippen LogP contribution is -2.28. The van der Waals surface area contributed by atoms with Gasteiger partial charge >= 0.3 is 0 Å². The van der Waals surface area contributed by atoms with Gasteiger partial charge in [-0.25, -0.2) is 0 Å². The van der Waals surface area contributed by atoms with Gasteiger partial charge in [-0.2, -0.15) is 0 Å². The van der Waals surface area contributed by atoms with Gasteiger partial charge < -0.3 is 10.1 Å². The van der Waals surface area contributed by atoms with Crippen molar-refractivity contribution in [2.24, 2.45) is 5.92 Å². The van der Waals surface area contributed by atoms with Crippen LogP contribution in [-0.4, -0.2) is 19.7 Å². The molecular formula is C15H20ClNO. The molecule has 2 heterocycles. The van der Waals surface area contributed by atoms with Crippen LogP contribution >= 0.6 is 11.6 Å². The van der Waals surface area contributed by atoms with Gasteiger partial charge in [0.2, 0.25) is 0 Å². The Morgan fingerprint density at radius 2 is 2.11 bits per heavy atom. The summed E-state index contributed by atoms with van der Waals surface area (Å²) in [6, 6.07) is 4.18. The number of ether oxygens (including phenoxy) is 1. The molecule has 0 unspecified atom stereocenters. The summed E-state index contributed by atoms with van der Waals surface area (Å²) in [5.41, 5.74) is 2.63. The van der Waals surface area contributed by atoms with Gasteiger partial charge in [0, 0.05) is 5.02 Å². The van der Waals surface area contributed by atoms with E-state index in [2.05, 4.69) is 17.4 Å². The lowest BCUT2D eigenvalue weighted by atomic mass is 9.89. The summed E-state index contributed by atoms with van der Waals surface area (Å²) in [4.78, 5) is 0. The van der Waals surface area contributed by atoms with Gasteiger partial charge in [-0.15, -0.1) is 0 Å². The first-order chi connectivity index (χ1) is 8.83. The predicted molar refractivity (Wildman–Crippen MR) is 74.6 cm³/mol. The maximum absolute atomic E-state index is 6.23. The Bertz CT molecular complexity index is 427. The van der Waals surface area contributed by atoms with Gasteiger partial charge in [-0.1, -0.05) is 11.6 Å². The third kappa shape index (κ3) is 2.65. The second-order valence-corrected chi connectivity index (χ2v) is 5.84. The minimum Gasteiger partial charge on any atom is -0.493 e. The third-order valence-corrected chi connectivity index (χ3v) is 4.23. The highest BCUT2D eigenvalue weighted by molar-refractivity contribution is 6.30. The van der Waals surface area contributed by atoms with Crippen molar-refractivity contribution in [1.29, 1.82) is 0 Å². The highest BCUT2D eigenvalue weighted by atomic mass is 35.5. The van der Waals surface area contributed by atoms with E-state index in [-0.39, 0.29) is 0 Å². The number of piperidine rings is 1. The summed E-state index contributed by atoms with van der Waals surface area (Å²) in [6.07, 6.45) is 5.86. The van der Waals surface area contributed by atoms with Crippen molar-refractivity contribution in [2.45, 2.75) is 32.1 Å². The molecule has 18 heavy (non-hydrogen) atoms. The molecule has 2 aliphatic rings. The van der Waals surface area contributed by atoms with Gasteiger partial charge in [-0.05, 0) is 74.4 Å². The molecule has 1 aromatic carbocycles. The lowest BCUT2D eigenvalue weighted by molar-refractivity contribution is 0.281. The van der Waals surface area contributed by atoms with E-state index < -0.39 is 0 Å². The number of benzene rings is 1. The second-order valence-electron chi connectivity index (χ2n) is 5.40. The average Bonchev–Trinajstić information content (AvgIpc) is 2.40. The van der Waals surface area contributed by atoms with Crippen molar-refractivity contribution >= 4 is 11.6 Å². The van der Waals surface area contributed by atoms with Crippen LogP contribution < -0.4 is 10.1 Å². The second kappa shape index (κ2) is 5.50. The fourth-order valence-electron chi connectivity index (χ4n) is 3.07. The smallest absolute Gasteiger partial charge is 0.125 e. The van der Waals surface area contributed by atoms with Crippen molar-refractivity contribution in [3.8, 4) is 5.75 Å². The molecule has 0 atom stereocenters. The number of fused-ring (bicyclic) bond motifs is 1. The molecule has 1 aromatic rings. The number of halogens is 1. The molecule has 0 aromatic heterocycles. The van der Waals surface area contributed by atoms with Crippen LogP contribution in [-0.2, 0) is 12.8 Å². The van der Waals surface area contributed by atoms with Crippen LogP contribution in [0.2, 0.25) is 5.02 Å². The Morgan fingerprint density at radius 1 is 1.28 bits per heavy atom. The van der Waals surface area contributed by atoms with E-state index in [0.29, 0.717) is 0 Å². The molecule has 3 heteroatoms. The molecule has 0 bridgehead atoms. The zero-order valence-corrected chi connectivity index (χ0v) is 11.4. The van der Waals surface area contributed by atoms with E-state index in [9.17, 15) is 0 Å². The largest absolute Gasteiger partial charge is 0.493 e. The first-order valence-electron chi connectivity index (χ1n) is 6.98. The molecule has 1 saturated heterocycles. The number of hydrogen-bond acceptors (Lipinski definition) is 2. The van der Waals surface area contributed by atoms with E-state index in [1.165, 1.54) is 24.0 Å². The monoisotopic (exact) mass is 265 g/mol. The maximum atomic E-state index is 6.23. The maximum Gasteiger partial charge on any atom is 0.125 e. The molecule has 0 spiro atoms. The van der Waals surface area contributed by atoms with Gasteiger partial charge in [0.05, 0.1) is 6.61 Å². The highest BCUT2D eigenvalue weighted by Crippen LogP contribution is 2.34. The number of nitrogens with one attached hydrogen (secondary N) is 1. The normalized spacial score (nSPS) is 20.3. The summed E-state index contributed by atoms with van der Waals surface area (Å²) in [7, 11) is 0. The Labute approximate surface area is 114 Å². The van der Waals surface area contributed by atoms with Gasteiger partial charge in [-0.3, -0.25) is 0 Å². The van der Waals surface area contributed by atoms with E-state index in [4.69, 9.17) is 16.3 Å². The van der Waals surface area contributed by atoms with Gasteiger partial charge in [0.1, 0.15) is 5.75 Å². The molecule has 3 rings (SSSR count). The topological polar surface area (TPSA) is 21.3 Å². The van der Waals surface area contributed by atoms with Crippen LogP contribution in [0.15, 0.2) is 12.1 Å². The Kier molecular flexibility index (Phi) is 3.76. The van der Waals surface area contributed by atoms with Gasteiger partial charge in [0.25, 0.3) is 0 Å². The molecule has 0 saturated carbocycles. The molecule has 0 aliphatic carbocycles. The molecule has 2 aliphatic heterocycles. The van der Waals surface area contributed by atoms with Crippen LogP contribution in [0.4, 0.5) is 0 Å². The Hall–Kier alpha value is -0.730. The van der Waals surface area contributed by atoms with Crippen LogP contribution in [0, 0.1) is 5.92 Å². The number of rotatable bonds is 2. The molecule has 1 fully saturated rings. The van der Waals surface area contributed by atoms with Crippen LogP contribution in [0.3, 0.4) is 0 Å². The average molecular weight is 266 g/mol.